The predicted octanol–water partition coefficient (Wildman–Crippen LogP) is 6.57. The van der Waals surface area contributed by atoms with Crippen molar-refractivity contribution in [3.05, 3.63) is 81.1 Å². The Hall–Kier alpha value is -3.64. The zero-order valence-corrected chi connectivity index (χ0v) is 33.5. The minimum atomic E-state index is -3.10. The number of carbonyl (C=O) groups is 2. The highest BCUT2D eigenvalue weighted by molar-refractivity contribution is 7.76. The number of carbonyl (C=O) groups excluding carboxylic acids is 2. The molecule has 2 heterocycles. The van der Waals surface area contributed by atoms with Gasteiger partial charge in [0, 0.05) is 61.8 Å². The molecule has 0 amide bonds. The van der Waals surface area contributed by atoms with Gasteiger partial charge in [0.05, 0.1) is 35.4 Å². The fraction of sp³-hybridized carbons (Fsp3) is 0.500. The molecular weight excluding hydrogens is 799 g/mol. The van der Waals surface area contributed by atoms with E-state index in [1.54, 1.807) is 20.8 Å². The minimum absolute atomic E-state index is 0.0224. The third-order valence-electron chi connectivity index (χ3n) is 8.67. The molecule has 0 spiro atoms. The molecule has 1 saturated carbocycles. The van der Waals surface area contributed by atoms with E-state index >= 15 is 0 Å². The fourth-order valence-electron chi connectivity index (χ4n) is 5.72. The number of morpholine rings is 1. The van der Waals surface area contributed by atoms with E-state index in [1.807, 2.05) is 0 Å². The Bertz CT molecular complexity index is 1820. The van der Waals surface area contributed by atoms with Gasteiger partial charge in [0.15, 0.2) is 11.5 Å². The Kier molecular flexibility index (Phi) is 15.7. The lowest BCUT2D eigenvalue weighted by Gasteiger charge is -2.28. The second-order valence-corrected chi connectivity index (χ2v) is 16.0. The lowest BCUT2D eigenvalue weighted by Crippen LogP contribution is -2.38. The van der Waals surface area contributed by atoms with Crippen molar-refractivity contribution in [2.24, 2.45) is 5.92 Å². The molecule has 1 aliphatic heterocycles. The van der Waals surface area contributed by atoms with Crippen LogP contribution in [-0.4, -0.2) is 99.7 Å². The third-order valence-corrected chi connectivity index (χ3v) is 10.00. The molecule has 2 aromatic carbocycles. The Morgan fingerprint density at radius 2 is 1.73 bits per heavy atom. The molecule has 1 aliphatic carbocycles. The van der Waals surface area contributed by atoms with Crippen LogP contribution in [0.1, 0.15) is 66.8 Å². The number of hydrogen-bond donors (Lipinski definition) is 0. The van der Waals surface area contributed by atoms with E-state index in [0.29, 0.717) is 36.8 Å². The van der Waals surface area contributed by atoms with Gasteiger partial charge in [0.25, 0.3) is 0 Å². The summed E-state index contributed by atoms with van der Waals surface area (Å²) in [7, 11) is 0. The van der Waals surface area contributed by atoms with Gasteiger partial charge in [-0.15, -0.1) is 0 Å². The maximum atomic E-state index is 14.0. The SMILES string of the molecule is CC(C)(C)OC(=O)CN(Cc1cc(C(=O)O[C@@H](Cc2c(Cl)cncc2Cl)c2ccc(OC(F)F)c(OCC3CC3)c2)ccc1OCCN1CCOCC1)S(=O)[O-]. The molecule has 0 N–H and O–H groups in total. The molecule has 1 aromatic heterocycles. The zero-order chi connectivity index (χ0) is 40.4. The van der Waals surface area contributed by atoms with Gasteiger partial charge in [-0.3, -0.25) is 18.9 Å². The highest BCUT2D eigenvalue weighted by atomic mass is 35.5. The second-order valence-electron chi connectivity index (χ2n) is 14.2. The number of nitrogens with zero attached hydrogens (tertiary/aromatic N) is 3. The van der Waals surface area contributed by atoms with Crippen LogP contribution in [0.15, 0.2) is 48.8 Å². The smallest absolute Gasteiger partial charge is 0.387 e. The van der Waals surface area contributed by atoms with Crippen LogP contribution in [0.3, 0.4) is 0 Å². The van der Waals surface area contributed by atoms with Crippen LogP contribution in [0, 0.1) is 5.92 Å². The predicted molar refractivity (Wildman–Crippen MR) is 202 cm³/mol. The molecule has 2 fully saturated rings. The first-order valence-corrected chi connectivity index (χ1v) is 19.8. The lowest BCUT2D eigenvalue weighted by molar-refractivity contribution is -0.155. The van der Waals surface area contributed by atoms with Gasteiger partial charge in [-0.2, -0.15) is 8.78 Å². The molecule has 5 rings (SSSR count). The molecule has 18 heteroatoms. The summed E-state index contributed by atoms with van der Waals surface area (Å²) in [4.78, 5) is 32.8. The first kappa shape index (κ1) is 43.5. The fourth-order valence-corrected chi connectivity index (χ4v) is 6.69. The van der Waals surface area contributed by atoms with Crippen LogP contribution in [0.2, 0.25) is 10.0 Å². The van der Waals surface area contributed by atoms with Crippen LogP contribution in [-0.2, 0) is 43.2 Å². The zero-order valence-electron chi connectivity index (χ0n) is 31.2. The molecule has 0 bridgehead atoms. The molecule has 0 radical (unpaired) electrons. The van der Waals surface area contributed by atoms with Crippen LogP contribution in [0.25, 0.3) is 0 Å². The number of rotatable bonds is 19. The summed E-state index contributed by atoms with van der Waals surface area (Å²) >= 11 is 10.1. The highest BCUT2D eigenvalue weighted by Crippen LogP contribution is 2.38. The van der Waals surface area contributed by atoms with Gasteiger partial charge in [0.2, 0.25) is 0 Å². The molecular formula is C38H44Cl2F2N3O10S-. The van der Waals surface area contributed by atoms with Crippen molar-refractivity contribution in [3.8, 4) is 17.2 Å². The Labute approximate surface area is 336 Å². The van der Waals surface area contributed by atoms with Gasteiger partial charge >= 0.3 is 18.6 Å². The number of alkyl halides is 2. The van der Waals surface area contributed by atoms with Crippen molar-refractivity contribution in [1.82, 2.24) is 14.2 Å². The summed E-state index contributed by atoms with van der Waals surface area (Å²) in [5.41, 5.74) is 0.217. The summed E-state index contributed by atoms with van der Waals surface area (Å²) in [6.07, 6.45) is 3.55. The van der Waals surface area contributed by atoms with Crippen LogP contribution in [0.5, 0.6) is 17.2 Å². The van der Waals surface area contributed by atoms with Crippen molar-refractivity contribution in [2.45, 2.75) is 64.9 Å². The number of ether oxygens (including phenoxy) is 6. The molecule has 56 heavy (non-hydrogen) atoms. The molecule has 3 aromatic rings. The number of halogens is 4. The van der Waals surface area contributed by atoms with Gasteiger partial charge in [-0.05, 0) is 81.0 Å². The van der Waals surface area contributed by atoms with E-state index in [4.69, 9.17) is 51.6 Å². The van der Waals surface area contributed by atoms with Crippen LogP contribution < -0.4 is 14.2 Å². The second kappa shape index (κ2) is 20.2. The molecule has 2 aliphatic rings. The van der Waals surface area contributed by atoms with Crippen LogP contribution in [0.4, 0.5) is 8.78 Å². The standard InChI is InChI=1S/C38H45Cl2F2N3O10S/c1-38(2,3)55-35(46)22-45(56(48)49)21-27-16-26(7-8-31(27)51-15-12-44-10-13-50-14-11-44)36(47)53-33(18-28-29(39)19-43-20-30(28)40)25-6-9-32(54-37(41)42)34(17-25)52-23-24-4-5-24/h6-9,16-17,19-20,24,33,37H,4-5,10-15,18,21-23H2,1-3H3,(H,48,49)/p-1/t33-/m0/s1. The summed E-state index contributed by atoms with van der Waals surface area (Å²) in [6.45, 7) is 4.70. The topological polar surface area (TPSA) is 149 Å². The van der Waals surface area contributed by atoms with Crippen molar-refractivity contribution in [1.29, 1.82) is 0 Å². The summed E-state index contributed by atoms with van der Waals surface area (Å²) in [5.74, 6) is -1.16. The van der Waals surface area contributed by atoms with Crippen molar-refractivity contribution >= 4 is 46.4 Å². The van der Waals surface area contributed by atoms with E-state index < -0.39 is 48.1 Å². The van der Waals surface area contributed by atoms with Gasteiger partial charge in [-0.1, -0.05) is 29.3 Å². The monoisotopic (exact) mass is 842 g/mol. The Morgan fingerprint density at radius 1 is 1.04 bits per heavy atom. The number of aromatic nitrogens is 1. The average molecular weight is 844 g/mol. The molecule has 2 atom stereocenters. The van der Waals surface area contributed by atoms with E-state index in [1.165, 1.54) is 48.8 Å². The van der Waals surface area contributed by atoms with Crippen molar-refractivity contribution in [2.75, 3.05) is 52.6 Å². The van der Waals surface area contributed by atoms with Gasteiger partial charge in [0.1, 0.15) is 30.6 Å². The summed E-state index contributed by atoms with van der Waals surface area (Å²) < 4.78 is 85.7. The van der Waals surface area contributed by atoms with Crippen molar-refractivity contribution < 1.29 is 55.6 Å². The maximum absolute atomic E-state index is 14.0. The number of hydrogen-bond acceptors (Lipinski definition) is 12. The first-order chi connectivity index (χ1) is 26.6. The van der Waals surface area contributed by atoms with Gasteiger partial charge in [-0.25, -0.2) is 9.10 Å². The summed E-state index contributed by atoms with van der Waals surface area (Å²) in [6, 6.07) is 8.66. The minimum Gasteiger partial charge on any atom is -0.760 e. The Morgan fingerprint density at radius 3 is 2.38 bits per heavy atom. The van der Waals surface area contributed by atoms with E-state index in [-0.39, 0.29) is 64.6 Å². The quantitative estimate of drug-likeness (QED) is 0.0950. The number of benzene rings is 2. The van der Waals surface area contributed by atoms with E-state index in [0.717, 1.165) is 30.2 Å². The normalized spacial score (nSPS) is 16.0. The Balaban J connectivity index is 1.45. The summed E-state index contributed by atoms with van der Waals surface area (Å²) in [5, 5.41) is 0.413. The molecule has 306 valence electrons. The number of pyridine rings is 1. The van der Waals surface area contributed by atoms with Crippen molar-refractivity contribution in [3.63, 3.8) is 0 Å². The molecule has 1 unspecified atom stereocenters. The molecule has 1 saturated heterocycles. The van der Waals surface area contributed by atoms with Crippen LogP contribution >= 0.6 is 23.2 Å². The third kappa shape index (κ3) is 13.5. The van der Waals surface area contributed by atoms with Gasteiger partial charge < -0.3 is 33.0 Å². The highest BCUT2D eigenvalue weighted by Gasteiger charge is 2.27. The lowest BCUT2D eigenvalue weighted by atomic mass is 10.0. The molecule has 13 nitrogen and oxygen atoms in total. The van der Waals surface area contributed by atoms with E-state index in [9.17, 15) is 27.1 Å². The number of esters is 2. The van der Waals surface area contributed by atoms with E-state index in [2.05, 4.69) is 9.88 Å². The maximum Gasteiger partial charge on any atom is 0.387 e. The largest absolute Gasteiger partial charge is 0.760 e. The first-order valence-electron chi connectivity index (χ1n) is 18.0. The average Bonchev–Trinajstić information content (AvgIpc) is 3.96.